The molecule has 2 saturated heterocycles. The summed E-state index contributed by atoms with van der Waals surface area (Å²) in [6.45, 7) is 3.74. The molecule has 3 rings (SSSR count). The number of methoxy groups -OCH3 is 1. The quantitative estimate of drug-likeness (QED) is 0.731. The number of urea groups is 1. The van der Waals surface area contributed by atoms with Crippen molar-refractivity contribution in [3.8, 4) is 5.88 Å². The van der Waals surface area contributed by atoms with E-state index in [2.05, 4.69) is 20.5 Å². The Morgan fingerprint density at radius 1 is 1.28 bits per heavy atom. The van der Waals surface area contributed by atoms with Crippen molar-refractivity contribution in [1.29, 1.82) is 0 Å². The van der Waals surface area contributed by atoms with Crippen molar-refractivity contribution in [3.63, 3.8) is 0 Å². The molecule has 2 atom stereocenters. The smallest absolute Gasteiger partial charge is 0.315 e. The number of nitrogens with one attached hydrogen (secondary N) is 2. The lowest BCUT2D eigenvalue weighted by Gasteiger charge is -2.32. The summed E-state index contributed by atoms with van der Waals surface area (Å²) in [5.41, 5.74) is 0.944. The molecule has 2 aliphatic heterocycles. The van der Waals surface area contributed by atoms with Gasteiger partial charge in [0.15, 0.2) is 0 Å². The second kappa shape index (κ2) is 9.01. The van der Waals surface area contributed by atoms with Crippen molar-refractivity contribution in [2.45, 2.75) is 44.3 Å². The van der Waals surface area contributed by atoms with Gasteiger partial charge in [0.1, 0.15) is 6.61 Å². The topological polar surface area (TPSA) is 75.7 Å². The standard InChI is InChI=1S/C18H28N4O3/c1-24-10-11-25-17-6-5-14(12-19-17)13-20-18(23)21-15-7-9-22-8-3-2-4-16(15)22/h5-6,12,15-16H,2-4,7-11,13H2,1H3,(H2,20,21,23)/t15-,16+/m0/s1. The van der Waals surface area contributed by atoms with Crippen LogP contribution in [0.3, 0.4) is 0 Å². The van der Waals surface area contributed by atoms with E-state index in [1.165, 1.54) is 25.8 Å². The summed E-state index contributed by atoms with van der Waals surface area (Å²) in [6.07, 6.45) is 6.52. The fourth-order valence-electron chi connectivity index (χ4n) is 3.65. The Balaban J connectivity index is 1.40. The summed E-state index contributed by atoms with van der Waals surface area (Å²) >= 11 is 0. The third-order valence-corrected chi connectivity index (χ3v) is 4.96. The van der Waals surface area contributed by atoms with Crippen LogP contribution in [0.15, 0.2) is 18.3 Å². The number of pyridine rings is 1. The van der Waals surface area contributed by atoms with Crippen LogP contribution in [0.4, 0.5) is 4.79 Å². The molecule has 2 N–H and O–H groups in total. The molecule has 7 nitrogen and oxygen atoms in total. The molecule has 0 spiro atoms. The summed E-state index contributed by atoms with van der Waals surface area (Å²) in [4.78, 5) is 18.9. The highest BCUT2D eigenvalue weighted by molar-refractivity contribution is 5.74. The molecule has 0 aliphatic carbocycles. The Bertz CT molecular complexity index is 552. The first-order valence-corrected chi connectivity index (χ1v) is 9.11. The zero-order chi connectivity index (χ0) is 17.5. The monoisotopic (exact) mass is 348 g/mol. The molecule has 2 fully saturated rings. The molecule has 0 unspecified atom stereocenters. The molecule has 2 aliphatic rings. The van der Waals surface area contributed by atoms with E-state index in [0.717, 1.165) is 18.5 Å². The van der Waals surface area contributed by atoms with Crippen molar-refractivity contribution >= 4 is 6.03 Å². The number of ether oxygens (including phenoxy) is 2. The van der Waals surface area contributed by atoms with Gasteiger partial charge in [0.25, 0.3) is 0 Å². The highest BCUT2D eigenvalue weighted by atomic mass is 16.5. The minimum Gasteiger partial charge on any atom is -0.475 e. The molecule has 7 heteroatoms. The molecule has 0 bridgehead atoms. The maximum Gasteiger partial charge on any atom is 0.315 e. The summed E-state index contributed by atoms with van der Waals surface area (Å²) in [5, 5.41) is 6.07. The maximum absolute atomic E-state index is 12.2. The molecule has 0 saturated carbocycles. The van der Waals surface area contributed by atoms with Crippen LogP contribution in [0.5, 0.6) is 5.88 Å². The predicted octanol–water partition coefficient (Wildman–Crippen LogP) is 1.53. The average molecular weight is 348 g/mol. The zero-order valence-electron chi connectivity index (χ0n) is 14.9. The molecule has 0 aromatic carbocycles. The number of nitrogens with zero attached hydrogens (tertiary/aromatic N) is 2. The van der Waals surface area contributed by atoms with E-state index in [1.807, 2.05) is 6.07 Å². The Morgan fingerprint density at radius 3 is 3.00 bits per heavy atom. The van der Waals surface area contributed by atoms with Gasteiger partial charge in [-0.2, -0.15) is 0 Å². The van der Waals surface area contributed by atoms with E-state index >= 15 is 0 Å². The van der Waals surface area contributed by atoms with Crippen LogP contribution in [0.1, 0.15) is 31.2 Å². The van der Waals surface area contributed by atoms with E-state index in [1.54, 1.807) is 19.4 Å². The van der Waals surface area contributed by atoms with Gasteiger partial charge in [0.05, 0.1) is 6.61 Å². The van der Waals surface area contributed by atoms with Crippen LogP contribution in [0.2, 0.25) is 0 Å². The summed E-state index contributed by atoms with van der Waals surface area (Å²) in [5.74, 6) is 0.564. The van der Waals surface area contributed by atoms with Gasteiger partial charge in [-0.15, -0.1) is 0 Å². The van der Waals surface area contributed by atoms with E-state index in [9.17, 15) is 4.79 Å². The summed E-state index contributed by atoms with van der Waals surface area (Å²) in [6, 6.07) is 4.41. The lowest BCUT2D eigenvalue weighted by Crippen LogP contribution is -2.49. The first-order valence-electron chi connectivity index (χ1n) is 9.11. The lowest BCUT2D eigenvalue weighted by molar-refractivity contribution is 0.143. The Labute approximate surface area is 149 Å². The van der Waals surface area contributed by atoms with Gasteiger partial charge in [-0.3, -0.25) is 4.90 Å². The molecule has 2 amide bonds. The Morgan fingerprint density at radius 2 is 2.20 bits per heavy atom. The van der Waals surface area contributed by atoms with Gasteiger partial charge in [0, 0.05) is 44.5 Å². The second-order valence-corrected chi connectivity index (χ2v) is 6.67. The largest absolute Gasteiger partial charge is 0.475 e. The van der Waals surface area contributed by atoms with E-state index in [4.69, 9.17) is 9.47 Å². The van der Waals surface area contributed by atoms with Crippen molar-refractivity contribution < 1.29 is 14.3 Å². The molecule has 1 aromatic heterocycles. The minimum atomic E-state index is -0.0992. The number of aromatic nitrogens is 1. The van der Waals surface area contributed by atoms with Crippen molar-refractivity contribution in [2.24, 2.45) is 0 Å². The van der Waals surface area contributed by atoms with Crippen LogP contribution < -0.4 is 15.4 Å². The van der Waals surface area contributed by atoms with E-state index in [0.29, 0.717) is 31.7 Å². The third kappa shape index (κ3) is 5.06. The number of carbonyl (C=O) groups is 1. The maximum atomic E-state index is 12.2. The molecular weight excluding hydrogens is 320 g/mol. The molecule has 138 valence electrons. The predicted molar refractivity (Wildman–Crippen MR) is 94.6 cm³/mol. The second-order valence-electron chi connectivity index (χ2n) is 6.67. The molecule has 0 radical (unpaired) electrons. The zero-order valence-corrected chi connectivity index (χ0v) is 14.9. The van der Waals surface area contributed by atoms with Gasteiger partial charge < -0.3 is 20.1 Å². The van der Waals surface area contributed by atoms with Crippen molar-refractivity contribution in [1.82, 2.24) is 20.5 Å². The average Bonchev–Trinajstić information content (AvgIpc) is 3.04. The number of amides is 2. The van der Waals surface area contributed by atoms with Gasteiger partial charge in [-0.05, 0) is 31.4 Å². The van der Waals surface area contributed by atoms with Crippen LogP contribution in [0.25, 0.3) is 0 Å². The fourth-order valence-corrected chi connectivity index (χ4v) is 3.65. The highest BCUT2D eigenvalue weighted by Crippen LogP contribution is 2.26. The normalized spacial score (nSPS) is 23.1. The van der Waals surface area contributed by atoms with Crippen LogP contribution in [0, 0.1) is 0 Å². The van der Waals surface area contributed by atoms with Crippen molar-refractivity contribution in [2.75, 3.05) is 33.4 Å². The highest BCUT2D eigenvalue weighted by Gasteiger charge is 2.36. The van der Waals surface area contributed by atoms with Crippen LogP contribution in [-0.2, 0) is 11.3 Å². The van der Waals surface area contributed by atoms with Crippen LogP contribution >= 0.6 is 0 Å². The first-order chi connectivity index (χ1) is 12.3. The number of fused-ring (bicyclic) bond motifs is 1. The number of hydrogen-bond donors (Lipinski definition) is 2. The van der Waals surface area contributed by atoms with E-state index < -0.39 is 0 Å². The molecule has 25 heavy (non-hydrogen) atoms. The van der Waals surface area contributed by atoms with Crippen molar-refractivity contribution in [3.05, 3.63) is 23.9 Å². The Kier molecular flexibility index (Phi) is 6.47. The number of rotatable bonds is 7. The first kappa shape index (κ1) is 17.9. The van der Waals surface area contributed by atoms with E-state index in [-0.39, 0.29) is 12.1 Å². The molecule has 3 heterocycles. The van der Waals surface area contributed by atoms with Gasteiger partial charge in [-0.1, -0.05) is 12.5 Å². The lowest BCUT2D eigenvalue weighted by atomic mass is 9.99. The summed E-state index contributed by atoms with van der Waals surface area (Å²) in [7, 11) is 1.63. The molecular formula is C18H28N4O3. The van der Waals surface area contributed by atoms with Gasteiger partial charge in [-0.25, -0.2) is 9.78 Å². The fraction of sp³-hybridized carbons (Fsp3) is 0.667. The summed E-state index contributed by atoms with van der Waals surface area (Å²) < 4.78 is 10.4. The minimum absolute atomic E-state index is 0.0992. The van der Waals surface area contributed by atoms with Gasteiger partial charge >= 0.3 is 6.03 Å². The Hall–Kier alpha value is -1.86. The third-order valence-electron chi connectivity index (χ3n) is 4.96. The number of carbonyl (C=O) groups excluding carboxylic acids is 1. The SMILES string of the molecule is COCCOc1ccc(CNC(=O)N[C@H]2CCN3CCCC[C@H]23)cn1. The molecule has 1 aromatic rings. The van der Waals surface area contributed by atoms with Gasteiger partial charge in [0.2, 0.25) is 5.88 Å². The van der Waals surface area contributed by atoms with Crippen LogP contribution in [-0.4, -0.2) is 61.4 Å². The number of piperidine rings is 1. The number of hydrogen-bond acceptors (Lipinski definition) is 5.